The van der Waals surface area contributed by atoms with Crippen LogP contribution in [0.15, 0.2) is 24.3 Å². The number of piperidine rings is 1. The first-order valence-electron chi connectivity index (χ1n) is 5.80. The summed E-state index contributed by atoms with van der Waals surface area (Å²) in [5, 5.41) is 14.6. The molecule has 1 aliphatic heterocycles. The summed E-state index contributed by atoms with van der Waals surface area (Å²) in [5.74, 6) is 0.312. The van der Waals surface area contributed by atoms with Gasteiger partial charge in [0.15, 0.2) is 0 Å². The number of halogens is 1. The topological polar surface area (TPSA) is 32.3 Å². The zero-order valence-electron chi connectivity index (χ0n) is 9.54. The first kappa shape index (κ1) is 11.9. The van der Waals surface area contributed by atoms with E-state index in [4.69, 9.17) is 11.6 Å². The summed E-state index contributed by atoms with van der Waals surface area (Å²) in [6.45, 7) is 3.87. The summed E-state index contributed by atoms with van der Waals surface area (Å²) in [6, 6.07) is 7.55. The van der Waals surface area contributed by atoms with Gasteiger partial charge in [0, 0.05) is 5.02 Å². The van der Waals surface area contributed by atoms with Crippen LogP contribution in [0.5, 0.6) is 0 Å². The molecule has 0 amide bonds. The molecule has 1 aromatic carbocycles. The second-order valence-electron chi connectivity index (χ2n) is 4.68. The van der Waals surface area contributed by atoms with Gasteiger partial charge in [0.2, 0.25) is 0 Å². The van der Waals surface area contributed by atoms with Crippen LogP contribution in [0.25, 0.3) is 0 Å². The Kier molecular flexibility index (Phi) is 3.53. The van der Waals surface area contributed by atoms with Crippen LogP contribution in [0, 0.1) is 5.92 Å². The van der Waals surface area contributed by atoms with Gasteiger partial charge in [-0.15, -0.1) is 0 Å². The van der Waals surface area contributed by atoms with Gasteiger partial charge in [0.25, 0.3) is 0 Å². The Labute approximate surface area is 102 Å². The van der Waals surface area contributed by atoms with Crippen molar-refractivity contribution in [1.29, 1.82) is 0 Å². The highest BCUT2D eigenvalue weighted by Crippen LogP contribution is 2.35. The molecule has 0 bridgehead atoms. The van der Waals surface area contributed by atoms with Gasteiger partial charge in [-0.05, 0) is 56.5 Å². The molecule has 0 spiro atoms. The summed E-state index contributed by atoms with van der Waals surface area (Å²) < 4.78 is 0. The standard InChI is InChI=1S/C13H18ClNO/c1-13(16,10-5-7-15-8-6-10)11-3-2-4-12(14)9-11/h2-4,9-10,15-16H,5-8H2,1H3. The quantitative estimate of drug-likeness (QED) is 0.832. The molecule has 1 unspecified atom stereocenters. The third-order valence-corrected chi connectivity index (χ3v) is 3.78. The number of hydrogen-bond acceptors (Lipinski definition) is 2. The average Bonchev–Trinajstić information content (AvgIpc) is 2.30. The average molecular weight is 240 g/mol. The zero-order valence-corrected chi connectivity index (χ0v) is 10.3. The molecule has 0 aromatic heterocycles. The molecule has 1 aliphatic rings. The lowest BCUT2D eigenvalue weighted by molar-refractivity contribution is -0.0186. The fourth-order valence-electron chi connectivity index (χ4n) is 2.42. The Balaban J connectivity index is 2.22. The summed E-state index contributed by atoms with van der Waals surface area (Å²) in [7, 11) is 0. The Morgan fingerprint density at radius 1 is 1.38 bits per heavy atom. The number of benzene rings is 1. The van der Waals surface area contributed by atoms with E-state index < -0.39 is 5.60 Å². The smallest absolute Gasteiger partial charge is 0.0898 e. The Morgan fingerprint density at radius 3 is 2.69 bits per heavy atom. The normalized spacial score (nSPS) is 21.7. The molecular weight excluding hydrogens is 222 g/mol. The molecule has 1 fully saturated rings. The van der Waals surface area contributed by atoms with E-state index in [0.717, 1.165) is 31.5 Å². The second-order valence-corrected chi connectivity index (χ2v) is 5.12. The largest absolute Gasteiger partial charge is 0.385 e. The van der Waals surface area contributed by atoms with Gasteiger partial charge in [-0.1, -0.05) is 23.7 Å². The fourth-order valence-corrected chi connectivity index (χ4v) is 2.61. The van der Waals surface area contributed by atoms with Gasteiger partial charge in [-0.3, -0.25) is 0 Å². The van der Waals surface area contributed by atoms with Crippen molar-refractivity contribution in [2.45, 2.75) is 25.4 Å². The van der Waals surface area contributed by atoms with E-state index in [-0.39, 0.29) is 0 Å². The molecule has 88 valence electrons. The van der Waals surface area contributed by atoms with E-state index in [9.17, 15) is 5.11 Å². The van der Waals surface area contributed by atoms with Crippen molar-refractivity contribution in [1.82, 2.24) is 5.32 Å². The van der Waals surface area contributed by atoms with Crippen molar-refractivity contribution < 1.29 is 5.11 Å². The lowest BCUT2D eigenvalue weighted by Crippen LogP contribution is -2.39. The van der Waals surface area contributed by atoms with Crippen LogP contribution in [0.1, 0.15) is 25.3 Å². The van der Waals surface area contributed by atoms with Crippen LogP contribution in [0.4, 0.5) is 0 Å². The van der Waals surface area contributed by atoms with Crippen molar-refractivity contribution in [2.75, 3.05) is 13.1 Å². The zero-order chi connectivity index (χ0) is 11.6. The van der Waals surface area contributed by atoms with Crippen molar-refractivity contribution in [2.24, 2.45) is 5.92 Å². The van der Waals surface area contributed by atoms with E-state index in [2.05, 4.69) is 5.32 Å². The fraction of sp³-hybridized carbons (Fsp3) is 0.538. The van der Waals surface area contributed by atoms with Crippen molar-refractivity contribution in [3.8, 4) is 0 Å². The van der Waals surface area contributed by atoms with Crippen LogP contribution in [-0.2, 0) is 5.60 Å². The molecule has 0 radical (unpaired) electrons. The maximum atomic E-state index is 10.6. The number of hydrogen-bond donors (Lipinski definition) is 2. The molecule has 2 N–H and O–H groups in total. The van der Waals surface area contributed by atoms with Crippen LogP contribution in [0.3, 0.4) is 0 Å². The molecule has 1 heterocycles. The van der Waals surface area contributed by atoms with E-state index >= 15 is 0 Å². The minimum absolute atomic E-state index is 0.312. The summed E-state index contributed by atoms with van der Waals surface area (Å²) in [5.41, 5.74) is 0.152. The predicted molar refractivity (Wildman–Crippen MR) is 66.6 cm³/mol. The summed E-state index contributed by atoms with van der Waals surface area (Å²) in [6.07, 6.45) is 2.03. The highest BCUT2D eigenvalue weighted by molar-refractivity contribution is 6.30. The third kappa shape index (κ3) is 2.40. The maximum absolute atomic E-state index is 10.6. The lowest BCUT2D eigenvalue weighted by atomic mass is 9.78. The van der Waals surface area contributed by atoms with Crippen LogP contribution in [0.2, 0.25) is 5.02 Å². The van der Waals surface area contributed by atoms with E-state index in [1.165, 1.54) is 0 Å². The predicted octanol–water partition coefficient (Wildman–Crippen LogP) is 2.55. The van der Waals surface area contributed by atoms with E-state index in [0.29, 0.717) is 10.9 Å². The SMILES string of the molecule is CC(O)(c1cccc(Cl)c1)C1CCNCC1. The van der Waals surface area contributed by atoms with Gasteiger partial charge in [-0.2, -0.15) is 0 Å². The molecule has 3 heteroatoms. The Hall–Kier alpha value is -0.570. The van der Waals surface area contributed by atoms with E-state index in [1.54, 1.807) is 0 Å². The van der Waals surface area contributed by atoms with Crippen molar-refractivity contribution in [3.05, 3.63) is 34.9 Å². The van der Waals surface area contributed by atoms with Gasteiger partial charge in [-0.25, -0.2) is 0 Å². The molecule has 1 aromatic rings. The minimum atomic E-state index is -0.771. The van der Waals surface area contributed by atoms with Crippen molar-refractivity contribution in [3.63, 3.8) is 0 Å². The molecule has 0 saturated carbocycles. The number of rotatable bonds is 2. The third-order valence-electron chi connectivity index (χ3n) is 3.54. The second kappa shape index (κ2) is 4.74. The molecule has 1 atom stereocenters. The molecule has 2 rings (SSSR count). The van der Waals surface area contributed by atoms with Gasteiger partial charge < -0.3 is 10.4 Å². The number of aliphatic hydroxyl groups is 1. The van der Waals surface area contributed by atoms with Crippen LogP contribution in [-0.4, -0.2) is 18.2 Å². The lowest BCUT2D eigenvalue weighted by Gasteiger charge is -2.36. The first-order valence-corrected chi connectivity index (χ1v) is 6.17. The van der Waals surface area contributed by atoms with Crippen molar-refractivity contribution >= 4 is 11.6 Å². The van der Waals surface area contributed by atoms with Gasteiger partial charge in [0.05, 0.1) is 5.60 Å². The summed E-state index contributed by atoms with van der Waals surface area (Å²) >= 11 is 5.97. The van der Waals surface area contributed by atoms with Crippen LogP contribution < -0.4 is 5.32 Å². The molecule has 16 heavy (non-hydrogen) atoms. The first-order chi connectivity index (χ1) is 7.60. The molecule has 0 aliphatic carbocycles. The minimum Gasteiger partial charge on any atom is -0.385 e. The molecular formula is C13H18ClNO. The highest BCUT2D eigenvalue weighted by atomic mass is 35.5. The Morgan fingerprint density at radius 2 is 2.06 bits per heavy atom. The van der Waals surface area contributed by atoms with Gasteiger partial charge >= 0.3 is 0 Å². The van der Waals surface area contributed by atoms with E-state index in [1.807, 2.05) is 31.2 Å². The summed E-state index contributed by atoms with van der Waals surface area (Å²) in [4.78, 5) is 0. The molecule has 2 nitrogen and oxygen atoms in total. The molecule has 1 saturated heterocycles. The van der Waals surface area contributed by atoms with Gasteiger partial charge in [0.1, 0.15) is 0 Å². The van der Waals surface area contributed by atoms with Crippen LogP contribution >= 0.6 is 11.6 Å². The monoisotopic (exact) mass is 239 g/mol. The highest BCUT2D eigenvalue weighted by Gasteiger charge is 2.34. The Bertz CT molecular complexity index is 359. The maximum Gasteiger partial charge on any atom is 0.0898 e. The number of nitrogens with one attached hydrogen (secondary N) is 1.